The number of benzene rings is 2. The second kappa shape index (κ2) is 8.56. The first kappa shape index (κ1) is 19.3. The molecule has 6 heteroatoms. The van der Waals surface area contributed by atoms with Crippen LogP contribution in [0.1, 0.15) is 44.3 Å². The summed E-state index contributed by atoms with van der Waals surface area (Å²) in [4.78, 5) is 13.5. The lowest BCUT2D eigenvalue weighted by Gasteiger charge is -2.22. The smallest absolute Gasteiger partial charge is 0.257 e. The zero-order valence-electron chi connectivity index (χ0n) is 15.6. The van der Waals surface area contributed by atoms with Crippen molar-refractivity contribution < 1.29 is 4.79 Å². The number of thiophene rings is 1. The standard InChI is InChI=1S/C23H19N3OS2/c24-14-19-18-12-11-17(15-7-3-1-4-8-15)13-20(18)29-22(19)26-23(28)25-21(27)16-9-5-2-6-10-16/h1-10,17H,11-13H2,(H2,25,26,27,28). The van der Waals surface area contributed by atoms with E-state index in [0.29, 0.717) is 22.0 Å². The molecule has 0 bridgehead atoms. The highest BCUT2D eigenvalue weighted by Crippen LogP contribution is 2.42. The van der Waals surface area contributed by atoms with E-state index < -0.39 is 0 Å². The van der Waals surface area contributed by atoms with Gasteiger partial charge in [-0.3, -0.25) is 10.1 Å². The number of fused-ring (bicyclic) bond motifs is 1. The van der Waals surface area contributed by atoms with E-state index in [0.717, 1.165) is 24.8 Å². The Morgan fingerprint density at radius 3 is 2.48 bits per heavy atom. The topological polar surface area (TPSA) is 64.9 Å². The van der Waals surface area contributed by atoms with Crippen LogP contribution in [0, 0.1) is 11.3 Å². The zero-order chi connectivity index (χ0) is 20.2. The highest BCUT2D eigenvalue weighted by Gasteiger charge is 2.27. The summed E-state index contributed by atoms with van der Waals surface area (Å²) >= 11 is 6.88. The molecular formula is C23H19N3OS2. The van der Waals surface area contributed by atoms with Gasteiger partial charge in [0.2, 0.25) is 0 Å². The van der Waals surface area contributed by atoms with Gasteiger partial charge in [0.15, 0.2) is 5.11 Å². The number of nitriles is 1. The van der Waals surface area contributed by atoms with Gasteiger partial charge in [0.05, 0.1) is 5.56 Å². The highest BCUT2D eigenvalue weighted by atomic mass is 32.1. The number of rotatable bonds is 3. The third kappa shape index (κ3) is 4.21. The molecule has 0 fully saturated rings. The Morgan fingerprint density at radius 2 is 1.79 bits per heavy atom. The predicted molar refractivity (Wildman–Crippen MR) is 120 cm³/mol. The van der Waals surface area contributed by atoms with E-state index in [4.69, 9.17) is 12.2 Å². The van der Waals surface area contributed by atoms with Crippen molar-refractivity contribution in [2.75, 3.05) is 5.32 Å². The molecule has 0 radical (unpaired) electrons. The van der Waals surface area contributed by atoms with Crippen LogP contribution in [0.25, 0.3) is 0 Å². The Morgan fingerprint density at radius 1 is 1.10 bits per heavy atom. The Hall–Kier alpha value is -3.01. The first-order valence-electron chi connectivity index (χ1n) is 9.42. The SMILES string of the molecule is N#Cc1c(NC(=S)NC(=O)c2ccccc2)sc2c1CCC(c1ccccc1)C2. The Kier molecular flexibility index (Phi) is 5.70. The van der Waals surface area contributed by atoms with E-state index in [9.17, 15) is 10.1 Å². The fourth-order valence-corrected chi connectivity index (χ4v) is 5.24. The van der Waals surface area contributed by atoms with E-state index in [1.165, 1.54) is 10.4 Å². The molecule has 1 amide bonds. The number of thiocarbonyl (C=S) groups is 1. The van der Waals surface area contributed by atoms with Gasteiger partial charge < -0.3 is 5.32 Å². The molecule has 0 spiro atoms. The molecule has 2 aromatic carbocycles. The number of nitrogens with one attached hydrogen (secondary N) is 2. The molecule has 1 aliphatic carbocycles. The van der Waals surface area contributed by atoms with Crippen LogP contribution < -0.4 is 10.6 Å². The maximum Gasteiger partial charge on any atom is 0.257 e. The number of nitrogens with zero attached hydrogens (tertiary/aromatic N) is 1. The van der Waals surface area contributed by atoms with Crippen molar-refractivity contribution in [3.05, 3.63) is 87.8 Å². The highest BCUT2D eigenvalue weighted by molar-refractivity contribution is 7.80. The van der Waals surface area contributed by atoms with Gasteiger partial charge in [-0.25, -0.2) is 0 Å². The second-order valence-electron chi connectivity index (χ2n) is 6.94. The quantitative estimate of drug-likeness (QED) is 0.588. The van der Waals surface area contributed by atoms with Gasteiger partial charge in [0, 0.05) is 10.4 Å². The van der Waals surface area contributed by atoms with Crippen molar-refractivity contribution in [1.29, 1.82) is 5.26 Å². The van der Waals surface area contributed by atoms with Crippen LogP contribution in [-0.4, -0.2) is 11.0 Å². The summed E-state index contributed by atoms with van der Waals surface area (Å²) in [5.41, 5.74) is 3.63. The lowest BCUT2D eigenvalue weighted by atomic mass is 9.83. The molecule has 1 heterocycles. The number of carbonyl (C=O) groups excluding carboxylic acids is 1. The minimum Gasteiger partial charge on any atom is -0.323 e. The monoisotopic (exact) mass is 417 g/mol. The summed E-state index contributed by atoms with van der Waals surface area (Å²) in [5, 5.41) is 16.4. The molecule has 3 aromatic rings. The number of anilines is 1. The van der Waals surface area contributed by atoms with E-state index in [2.05, 4.69) is 41.0 Å². The summed E-state index contributed by atoms with van der Waals surface area (Å²) in [7, 11) is 0. The third-order valence-corrected chi connectivity index (χ3v) is 6.51. The predicted octanol–water partition coefficient (Wildman–Crippen LogP) is 5.02. The van der Waals surface area contributed by atoms with Crippen molar-refractivity contribution in [1.82, 2.24) is 5.32 Å². The maximum absolute atomic E-state index is 12.3. The first-order valence-corrected chi connectivity index (χ1v) is 10.6. The summed E-state index contributed by atoms with van der Waals surface area (Å²) in [5.74, 6) is 0.193. The van der Waals surface area contributed by atoms with Crippen molar-refractivity contribution in [3.8, 4) is 6.07 Å². The van der Waals surface area contributed by atoms with Crippen LogP contribution in [-0.2, 0) is 12.8 Å². The molecule has 4 nitrogen and oxygen atoms in total. The molecule has 1 atom stereocenters. The molecule has 1 aromatic heterocycles. The largest absolute Gasteiger partial charge is 0.323 e. The van der Waals surface area contributed by atoms with E-state index in [1.807, 2.05) is 12.1 Å². The molecule has 0 saturated carbocycles. The lowest BCUT2D eigenvalue weighted by Crippen LogP contribution is -2.34. The molecule has 1 unspecified atom stereocenters. The molecule has 0 aliphatic heterocycles. The minimum atomic E-state index is -0.271. The number of carbonyl (C=O) groups is 1. The van der Waals surface area contributed by atoms with E-state index >= 15 is 0 Å². The number of hydrogen-bond donors (Lipinski definition) is 2. The third-order valence-electron chi connectivity index (χ3n) is 5.14. The molecule has 0 saturated heterocycles. The van der Waals surface area contributed by atoms with Gasteiger partial charge in [-0.15, -0.1) is 11.3 Å². The van der Waals surface area contributed by atoms with Crippen LogP contribution in [0.4, 0.5) is 5.00 Å². The Labute approximate surface area is 179 Å². The van der Waals surface area contributed by atoms with Crippen LogP contribution in [0.5, 0.6) is 0 Å². The van der Waals surface area contributed by atoms with Crippen LogP contribution in [0.3, 0.4) is 0 Å². The summed E-state index contributed by atoms with van der Waals surface area (Å²) in [6.45, 7) is 0. The number of amides is 1. The van der Waals surface area contributed by atoms with Gasteiger partial charge in [-0.1, -0.05) is 48.5 Å². The second-order valence-corrected chi connectivity index (χ2v) is 8.46. The Bertz CT molecular complexity index is 1080. The molecular weight excluding hydrogens is 398 g/mol. The van der Waals surface area contributed by atoms with Crippen LogP contribution in [0.15, 0.2) is 60.7 Å². The van der Waals surface area contributed by atoms with Crippen molar-refractivity contribution in [3.63, 3.8) is 0 Å². The molecule has 144 valence electrons. The summed E-state index contributed by atoms with van der Waals surface area (Å²) in [6.07, 6.45) is 2.82. The van der Waals surface area contributed by atoms with E-state index in [1.54, 1.807) is 35.6 Å². The van der Waals surface area contributed by atoms with Crippen molar-refractivity contribution in [2.24, 2.45) is 0 Å². The molecule has 2 N–H and O–H groups in total. The molecule has 4 rings (SSSR count). The normalized spacial score (nSPS) is 15.1. The van der Waals surface area contributed by atoms with E-state index in [-0.39, 0.29) is 11.0 Å². The van der Waals surface area contributed by atoms with Gasteiger partial charge in [0.1, 0.15) is 11.1 Å². The van der Waals surface area contributed by atoms with Gasteiger partial charge >= 0.3 is 0 Å². The van der Waals surface area contributed by atoms with Gasteiger partial charge in [-0.05, 0) is 60.7 Å². The summed E-state index contributed by atoms with van der Waals surface area (Å²) in [6, 6.07) is 21.7. The fraction of sp³-hybridized carbons (Fsp3) is 0.174. The van der Waals surface area contributed by atoms with Crippen LogP contribution >= 0.6 is 23.6 Å². The molecule has 1 aliphatic rings. The lowest BCUT2D eigenvalue weighted by molar-refractivity contribution is 0.0977. The zero-order valence-corrected chi connectivity index (χ0v) is 17.3. The number of hydrogen-bond acceptors (Lipinski definition) is 4. The van der Waals surface area contributed by atoms with Crippen molar-refractivity contribution >= 4 is 39.6 Å². The maximum atomic E-state index is 12.3. The van der Waals surface area contributed by atoms with Crippen LogP contribution in [0.2, 0.25) is 0 Å². The van der Waals surface area contributed by atoms with Gasteiger partial charge in [0.25, 0.3) is 5.91 Å². The Balaban J connectivity index is 1.49. The summed E-state index contributed by atoms with van der Waals surface area (Å²) < 4.78 is 0. The fourth-order valence-electron chi connectivity index (χ4n) is 3.70. The van der Waals surface area contributed by atoms with Gasteiger partial charge in [-0.2, -0.15) is 5.26 Å². The first-order chi connectivity index (χ1) is 14.2. The average Bonchev–Trinajstić information content (AvgIpc) is 3.10. The minimum absolute atomic E-state index is 0.202. The molecule has 29 heavy (non-hydrogen) atoms. The van der Waals surface area contributed by atoms with Crippen molar-refractivity contribution in [2.45, 2.75) is 25.2 Å². The average molecular weight is 418 g/mol.